The highest BCUT2D eigenvalue weighted by Crippen LogP contribution is 1.94. The summed E-state index contributed by atoms with van der Waals surface area (Å²) in [6.45, 7) is 1.49. The van der Waals surface area contributed by atoms with Gasteiger partial charge in [-0.05, 0) is 6.92 Å². The first-order valence-corrected chi connectivity index (χ1v) is 2.97. The van der Waals surface area contributed by atoms with Crippen LogP contribution in [0.2, 0.25) is 0 Å². The van der Waals surface area contributed by atoms with Gasteiger partial charge in [-0.1, -0.05) is 5.21 Å². The fourth-order valence-electron chi connectivity index (χ4n) is 0.540. The predicted molar refractivity (Wildman–Crippen MR) is 37.6 cm³/mol. The molecule has 0 bridgehead atoms. The minimum Gasteiger partial charge on any atom is -0.478 e. The normalized spacial score (nSPS) is 11.5. The summed E-state index contributed by atoms with van der Waals surface area (Å²) in [6, 6.07) is 0. The summed E-state index contributed by atoms with van der Waals surface area (Å²) < 4.78 is 1.34. The number of aromatic nitrogens is 3. The van der Waals surface area contributed by atoms with Crippen LogP contribution in [0.15, 0.2) is 18.0 Å². The zero-order valence-electron chi connectivity index (χ0n) is 5.93. The molecule has 58 valence electrons. The summed E-state index contributed by atoms with van der Waals surface area (Å²) in [4.78, 5) is 10.3. The second-order valence-corrected chi connectivity index (χ2v) is 2.00. The number of carboxylic acids is 1. The molecule has 0 saturated carbocycles. The summed E-state index contributed by atoms with van der Waals surface area (Å²) in [5, 5.41) is 15.5. The van der Waals surface area contributed by atoms with Crippen LogP contribution in [0.25, 0.3) is 6.20 Å². The van der Waals surface area contributed by atoms with Crippen LogP contribution in [0.3, 0.4) is 0 Å². The van der Waals surface area contributed by atoms with E-state index in [9.17, 15) is 4.79 Å². The maximum atomic E-state index is 10.3. The van der Waals surface area contributed by atoms with Crippen molar-refractivity contribution in [3.8, 4) is 0 Å². The first-order valence-electron chi connectivity index (χ1n) is 2.97. The Bertz CT molecular complexity index is 276. The number of hydrogen-bond donors (Lipinski definition) is 1. The molecule has 1 heterocycles. The lowest BCUT2D eigenvalue weighted by Crippen LogP contribution is -1.98. The van der Waals surface area contributed by atoms with Crippen molar-refractivity contribution in [2.75, 3.05) is 0 Å². The van der Waals surface area contributed by atoms with E-state index < -0.39 is 5.97 Å². The molecule has 5 heteroatoms. The van der Waals surface area contributed by atoms with Gasteiger partial charge in [-0.2, -0.15) is 0 Å². The van der Waals surface area contributed by atoms with Gasteiger partial charge in [-0.3, -0.25) is 0 Å². The van der Waals surface area contributed by atoms with E-state index in [-0.39, 0.29) is 5.57 Å². The first-order chi connectivity index (χ1) is 5.20. The molecule has 1 aromatic rings. The molecule has 0 fully saturated rings. The average molecular weight is 153 g/mol. The number of aliphatic carboxylic acids is 1. The molecule has 0 spiro atoms. The molecule has 1 rings (SSSR count). The molecule has 0 aliphatic heterocycles. The Hall–Kier alpha value is -1.65. The molecule has 11 heavy (non-hydrogen) atoms. The van der Waals surface area contributed by atoms with Crippen LogP contribution in [0.5, 0.6) is 0 Å². The van der Waals surface area contributed by atoms with Gasteiger partial charge in [0.25, 0.3) is 0 Å². The quantitative estimate of drug-likeness (QED) is 0.617. The third kappa shape index (κ3) is 1.89. The molecule has 0 saturated heterocycles. The van der Waals surface area contributed by atoms with Crippen molar-refractivity contribution < 1.29 is 9.90 Å². The highest BCUT2D eigenvalue weighted by molar-refractivity contribution is 5.89. The van der Waals surface area contributed by atoms with Crippen LogP contribution in [0.4, 0.5) is 0 Å². The summed E-state index contributed by atoms with van der Waals surface area (Å²) >= 11 is 0. The van der Waals surface area contributed by atoms with E-state index in [0.717, 1.165) is 0 Å². The first kappa shape index (κ1) is 7.46. The molecule has 5 nitrogen and oxygen atoms in total. The lowest BCUT2D eigenvalue weighted by atomic mass is 10.3. The third-order valence-electron chi connectivity index (χ3n) is 1.10. The SMILES string of the molecule is C/C(=C\n1ccnn1)C(=O)O. The van der Waals surface area contributed by atoms with Crippen molar-refractivity contribution >= 4 is 12.2 Å². The van der Waals surface area contributed by atoms with Gasteiger partial charge in [-0.15, -0.1) is 5.10 Å². The van der Waals surface area contributed by atoms with Gasteiger partial charge in [0, 0.05) is 6.20 Å². The van der Waals surface area contributed by atoms with Gasteiger partial charge in [0.05, 0.1) is 18.0 Å². The second kappa shape index (κ2) is 2.96. The van der Waals surface area contributed by atoms with E-state index in [4.69, 9.17) is 5.11 Å². The Morgan fingerprint density at radius 2 is 2.45 bits per heavy atom. The average Bonchev–Trinajstić information content (AvgIpc) is 2.39. The van der Waals surface area contributed by atoms with Gasteiger partial charge in [0.1, 0.15) is 0 Å². The Kier molecular flexibility index (Phi) is 2.00. The van der Waals surface area contributed by atoms with Gasteiger partial charge in [-0.25, -0.2) is 9.48 Å². The number of carbonyl (C=O) groups is 1. The van der Waals surface area contributed by atoms with Gasteiger partial charge >= 0.3 is 5.97 Å². The molecule has 0 aliphatic rings. The summed E-state index contributed by atoms with van der Waals surface area (Å²) in [7, 11) is 0. The molecule has 0 unspecified atom stereocenters. The monoisotopic (exact) mass is 153 g/mol. The molecular weight excluding hydrogens is 146 g/mol. The molecule has 1 aromatic heterocycles. The smallest absolute Gasteiger partial charge is 0.332 e. The Balaban J connectivity index is 2.82. The maximum Gasteiger partial charge on any atom is 0.332 e. The van der Waals surface area contributed by atoms with E-state index in [1.165, 1.54) is 24.0 Å². The van der Waals surface area contributed by atoms with E-state index in [0.29, 0.717) is 0 Å². The standard InChI is InChI=1S/C6H7N3O2/c1-5(6(10)11)4-9-3-2-7-8-9/h2-4H,1H3,(H,10,11)/b5-4+. The predicted octanol–water partition coefficient (Wildman–Crippen LogP) is 0.223. The highest BCUT2D eigenvalue weighted by atomic mass is 16.4. The fraction of sp³-hybridized carbons (Fsp3) is 0.167. The van der Waals surface area contributed by atoms with Crippen LogP contribution in [0, 0.1) is 0 Å². The van der Waals surface area contributed by atoms with Crippen LogP contribution in [-0.2, 0) is 4.79 Å². The number of hydrogen-bond acceptors (Lipinski definition) is 3. The minimum absolute atomic E-state index is 0.218. The van der Waals surface area contributed by atoms with Gasteiger partial charge in [0.2, 0.25) is 0 Å². The number of rotatable bonds is 2. The summed E-state index contributed by atoms with van der Waals surface area (Å²) in [5.74, 6) is -0.958. The minimum atomic E-state index is -0.958. The van der Waals surface area contributed by atoms with E-state index in [1.807, 2.05) is 0 Å². The van der Waals surface area contributed by atoms with Gasteiger partial charge in [0.15, 0.2) is 0 Å². The molecule has 0 aliphatic carbocycles. The number of carboxylic acid groups (broad SMARTS) is 1. The van der Waals surface area contributed by atoms with Crippen molar-refractivity contribution in [3.63, 3.8) is 0 Å². The summed E-state index contributed by atoms with van der Waals surface area (Å²) in [5.41, 5.74) is 0.218. The van der Waals surface area contributed by atoms with Gasteiger partial charge < -0.3 is 5.11 Å². The van der Waals surface area contributed by atoms with E-state index in [2.05, 4.69) is 10.3 Å². The molecule has 0 radical (unpaired) electrons. The molecule has 0 atom stereocenters. The van der Waals surface area contributed by atoms with Crippen molar-refractivity contribution in [3.05, 3.63) is 18.0 Å². The largest absolute Gasteiger partial charge is 0.478 e. The lowest BCUT2D eigenvalue weighted by Gasteiger charge is -1.91. The lowest BCUT2D eigenvalue weighted by molar-refractivity contribution is -0.132. The Morgan fingerprint density at radius 3 is 2.91 bits per heavy atom. The molecule has 0 aromatic carbocycles. The van der Waals surface area contributed by atoms with E-state index in [1.54, 1.807) is 6.20 Å². The summed E-state index contributed by atoms with van der Waals surface area (Å²) in [6.07, 6.45) is 4.42. The molecule has 0 amide bonds. The molecular formula is C6H7N3O2. The van der Waals surface area contributed by atoms with E-state index >= 15 is 0 Å². The maximum absolute atomic E-state index is 10.3. The van der Waals surface area contributed by atoms with Crippen LogP contribution in [0.1, 0.15) is 6.92 Å². The topological polar surface area (TPSA) is 68.0 Å². The number of nitrogens with zero attached hydrogens (tertiary/aromatic N) is 3. The molecule has 1 N–H and O–H groups in total. The van der Waals surface area contributed by atoms with Crippen LogP contribution in [-0.4, -0.2) is 26.1 Å². The zero-order valence-corrected chi connectivity index (χ0v) is 5.93. The van der Waals surface area contributed by atoms with Crippen molar-refractivity contribution in [2.45, 2.75) is 6.92 Å². The van der Waals surface area contributed by atoms with Crippen molar-refractivity contribution in [1.29, 1.82) is 0 Å². The third-order valence-corrected chi connectivity index (χ3v) is 1.10. The zero-order chi connectivity index (χ0) is 8.27. The Morgan fingerprint density at radius 1 is 1.73 bits per heavy atom. The van der Waals surface area contributed by atoms with Crippen LogP contribution >= 0.6 is 0 Å². The van der Waals surface area contributed by atoms with Crippen molar-refractivity contribution in [2.24, 2.45) is 0 Å². The van der Waals surface area contributed by atoms with Crippen LogP contribution < -0.4 is 0 Å². The van der Waals surface area contributed by atoms with Crippen molar-refractivity contribution in [1.82, 2.24) is 15.0 Å². The second-order valence-electron chi connectivity index (χ2n) is 2.00. The highest BCUT2D eigenvalue weighted by Gasteiger charge is 1.98. The fourth-order valence-corrected chi connectivity index (χ4v) is 0.540. The Labute approximate surface area is 63.0 Å².